The van der Waals surface area contributed by atoms with Crippen molar-refractivity contribution in [2.45, 2.75) is 13.3 Å². The molecular formula is C20H20ClN3O. The molecule has 0 atom stereocenters. The highest BCUT2D eigenvalue weighted by atomic mass is 35.5. The lowest BCUT2D eigenvalue weighted by molar-refractivity contribution is 0.0763. The first kappa shape index (κ1) is 17.2. The molecule has 0 spiro atoms. The topological polar surface area (TPSA) is 70.2 Å². The molecule has 1 aliphatic heterocycles. The molecule has 128 valence electrons. The summed E-state index contributed by atoms with van der Waals surface area (Å²) in [4.78, 5) is 14.5. The predicted octanol–water partition coefficient (Wildman–Crippen LogP) is 3.78. The van der Waals surface area contributed by atoms with Gasteiger partial charge >= 0.3 is 0 Å². The van der Waals surface area contributed by atoms with E-state index in [4.69, 9.17) is 22.7 Å². The number of benzene rings is 2. The number of nitrogens with one attached hydrogen (secondary N) is 1. The minimum atomic E-state index is -0.0757. The summed E-state index contributed by atoms with van der Waals surface area (Å²) in [5.74, 6) is -0.0757. The molecule has 2 aromatic rings. The van der Waals surface area contributed by atoms with Crippen LogP contribution in [-0.4, -0.2) is 29.6 Å². The number of rotatable bonds is 3. The maximum atomic E-state index is 12.8. The highest BCUT2D eigenvalue weighted by molar-refractivity contribution is 6.31. The molecule has 1 amide bonds. The van der Waals surface area contributed by atoms with Crippen LogP contribution < -0.4 is 5.73 Å². The van der Waals surface area contributed by atoms with Crippen LogP contribution in [0.4, 0.5) is 0 Å². The number of halogens is 1. The van der Waals surface area contributed by atoms with Crippen molar-refractivity contribution in [1.82, 2.24) is 4.90 Å². The largest absolute Gasteiger partial charge is 0.400 e. The van der Waals surface area contributed by atoms with E-state index in [9.17, 15) is 4.79 Å². The molecule has 4 nitrogen and oxygen atoms in total. The monoisotopic (exact) mass is 353 g/mol. The minimum absolute atomic E-state index is 0.0757. The quantitative estimate of drug-likeness (QED) is 0.824. The zero-order valence-electron chi connectivity index (χ0n) is 14.1. The molecule has 1 heterocycles. The summed E-state index contributed by atoms with van der Waals surface area (Å²) in [7, 11) is 0. The summed E-state index contributed by atoms with van der Waals surface area (Å²) >= 11 is 6.13. The molecule has 25 heavy (non-hydrogen) atoms. The molecule has 0 fully saturated rings. The zero-order valence-corrected chi connectivity index (χ0v) is 14.8. The summed E-state index contributed by atoms with van der Waals surface area (Å²) in [6.07, 6.45) is 0.574. The molecule has 2 aromatic carbocycles. The van der Waals surface area contributed by atoms with Crippen LogP contribution in [-0.2, 0) is 0 Å². The number of carbonyl (C=O) groups excluding carboxylic acids is 1. The Morgan fingerprint density at radius 2 is 1.88 bits per heavy atom. The molecule has 0 radical (unpaired) electrons. The van der Waals surface area contributed by atoms with Crippen molar-refractivity contribution < 1.29 is 4.79 Å². The molecule has 0 saturated carbocycles. The van der Waals surface area contributed by atoms with E-state index < -0.39 is 0 Å². The van der Waals surface area contributed by atoms with Gasteiger partial charge in [0.2, 0.25) is 0 Å². The zero-order chi connectivity index (χ0) is 18.0. The van der Waals surface area contributed by atoms with Crippen LogP contribution in [0.5, 0.6) is 0 Å². The average molecular weight is 354 g/mol. The van der Waals surface area contributed by atoms with E-state index in [2.05, 4.69) is 0 Å². The number of carbonyl (C=O) groups is 1. The Bertz CT molecular complexity index is 858. The summed E-state index contributed by atoms with van der Waals surface area (Å²) in [5, 5.41) is 8.98. The van der Waals surface area contributed by atoms with Crippen molar-refractivity contribution in [3.8, 4) is 0 Å². The summed E-state index contributed by atoms with van der Waals surface area (Å²) in [6, 6.07) is 14.9. The Morgan fingerprint density at radius 3 is 2.56 bits per heavy atom. The number of nitrogens with two attached hydrogens (primary N) is 1. The smallest absolute Gasteiger partial charge is 0.254 e. The molecule has 3 rings (SSSR count). The lowest BCUT2D eigenvalue weighted by Gasteiger charge is -2.30. The molecule has 0 saturated heterocycles. The Hall–Kier alpha value is -2.59. The third kappa shape index (κ3) is 3.44. The minimum Gasteiger partial charge on any atom is -0.400 e. The SMILES string of the molecule is Cc1c(Cl)cccc1C(=O)N1CCC(C(=N)c2ccccc2)=C(N)C1. The van der Waals surface area contributed by atoms with Gasteiger partial charge in [0, 0.05) is 22.8 Å². The lowest BCUT2D eigenvalue weighted by atomic mass is 9.95. The fourth-order valence-corrected chi connectivity index (χ4v) is 3.21. The molecule has 0 unspecified atom stereocenters. The van der Waals surface area contributed by atoms with Gasteiger partial charge in [-0.15, -0.1) is 0 Å². The Morgan fingerprint density at radius 1 is 1.16 bits per heavy atom. The van der Waals surface area contributed by atoms with Crippen LogP contribution in [0.1, 0.15) is 27.9 Å². The molecule has 0 aromatic heterocycles. The fraction of sp³-hybridized carbons (Fsp3) is 0.200. The first-order valence-corrected chi connectivity index (χ1v) is 8.53. The molecule has 0 aliphatic carbocycles. The second-order valence-electron chi connectivity index (χ2n) is 6.13. The first-order chi connectivity index (χ1) is 12.0. The van der Waals surface area contributed by atoms with Crippen LogP contribution in [0.2, 0.25) is 5.02 Å². The maximum absolute atomic E-state index is 12.8. The second kappa shape index (κ2) is 7.11. The van der Waals surface area contributed by atoms with Crippen molar-refractivity contribution in [3.63, 3.8) is 0 Å². The normalized spacial score (nSPS) is 14.6. The summed E-state index contributed by atoms with van der Waals surface area (Å²) in [5.41, 5.74) is 10.3. The molecule has 1 aliphatic rings. The predicted molar refractivity (Wildman–Crippen MR) is 101 cm³/mol. The van der Waals surface area contributed by atoms with Crippen molar-refractivity contribution in [1.29, 1.82) is 5.41 Å². The van der Waals surface area contributed by atoms with Gasteiger partial charge in [0.25, 0.3) is 5.91 Å². The van der Waals surface area contributed by atoms with E-state index in [1.54, 1.807) is 23.1 Å². The summed E-state index contributed by atoms with van der Waals surface area (Å²) < 4.78 is 0. The van der Waals surface area contributed by atoms with Gasteiger partial charge in [0.15, 0.2) is 0 Å². The first-order valence-electron chi connectivity index (χ1n) is 8.15. The number of hydrogen-bond acceptors (Lipinski definition) is 3. The van der Waals surface area contributed by atoms with Crippen LogP contribution in [0.3, 0.4) is 0 Å². The number of nitrogens with zero attached hydrogens (tertiary/aromatic N) is 1. The van der Waals surface area contributed by atoms with Gasteiger partial charge < -0.3 is 10.6 Å². The molecule has 0 bridgehead atoms. The Balaban J connectivity index is 1.81. The maximum Gasteiger partial charge on any atom is 0.254 e. The van der Waals surface area contributed by atoms with Crippen molar-refractivity contribution in [2.75, 3.05) is 13.1 Å². The van der Waals surface area contributed by atoms with Gasteiger partial charge in [0.05, 0.1) is 12.3 Å². The molecular weight excluding hydrogens is 334 g/mol. The van der Waals surface area contributed by atoms with Crippen LogP contribution in [0, 0.1) is 12.3 Å². The number of hydrogen-bond donors (Lipinski definition) is 2. The van der Waals surface area contributed by atoms with E-state index in [1.807, 2.05) is 37.3 Å². The van der Waals surface area contributed by atoms with Crippen molar-refractivity contribution in [3.05, 3.63) is 81.5 Å². The highest BCUT2D eigenvalue weighted by Crippen LogP contribution is 2.24. The van der Waals surface area contributed by atoms with Gasteiger partial charge in [-0.1, -0.05) is 48.0 Å². The van der Waals surface area contributed by atoms with Crippen LogP contribution in [0.25, 0.3) is 0 Å². The van der Waals surface area contributed by atoms with E-state index in [1.165, 1.54) is 0 Å². The highest BCUT2D eigenvalue weighted by Gasteiger charge is 2.25. The number of amides is 1. The Labute approximate surface area is 152 Å². The summed E-state index contributed by atoms with van der Waals surface area (Å²) in [6.45, 7) is 2.71. The van der Waals surface area contributed by atoms with Crippen molar-refractivity contribution >= 4 is 23.2 Å². The van der Waals surface area contributed by atoms with Gasteiger partial charge in [-0.3, -0.25) is 10.2 Å². The van der Waals surface area contributed by atoms with E-state index in [0.29, 0.717) is 41.5 Å². The van der Waals surface area contributed by atoms with Crippen molar-refractivity contribution in [2.24, 2.45) is 5.73 Å². The van der Waals surface area contributed by atoms with E-state index >= 15 is 0 Å². The third-order valence-corrected chi connectivity index (χ3v) is 4.94. The van der Waals surface area contributed by atoms with E-state index in [-0.39, 0.29) is 5.91 Å². The Kier molecular flexibility index (Phi) is 4.91. The lowest BCUT2D eigenvalue weighted by Crippen LogP contribution is -2.40. The fourth-order valence-electron chi connectivity index (χ4n) is 3.03. The van der Waals surface area contributed by atoms with Gasteiger partial charge in [0.1, 0.15) is 0 Å². The van der Waals surface area contributed by atoms with Gasteiger partial charge in [-0.05, 0) is 42.2 Å². The molecule has 5 heteroatoms. The van der Waals surface area contributed by atoms with Crippen LogP contribution in [0.15, 0.2) is 59.8 Å². The average Bonchev–Trinajstić information content (AvgIpc) is 2.63. The standard InChI is InChI=1S/C20H20ClN3O/c1-13-15(8-5-9-17(13)21)20(25)24-11-10-16(18(22)12-24)19(23)14-6-3-2-4-7-14/h2-9,23H,10-12,22H2,1H3. The molecule has 3 N–H and O–H groups in total. The third-order valence-electron chi connectivity index (χ3n) is 4.53. The van der Waals surface area contributed by atoms with Crippen LogP contribution >= 0.6 is 11.6 Å². The second-order valence-corrected chi connectivity index (χ2v) is 6.54. The van der Waals surface area contributed by atoms with E-state index in [0.717, 1.165) is 16.7 Å². The van der Waals surface area contributed by atoms with Gasteiger partial charge in [-0.2, -0.15) is 0 Å². The van der Waals surface area contributed by atoms with Gasteiger partial charge in [-0.25, -0.2) is 0 Å².